The first-order valence-corrected chi connectivity index (χ1v) is 8.92. The molecule has 1 atom stereocenters. The number of hydrogen-bond donors (Lipinski definition) is 1. The second kappa shape index (κ2) is 9.70. The molecule has 2 aromatic rings. The van der Waals surface area contributed by atoms with Crippen LogP contribution in [0.15, 0.2) is 41.0 Å². The van der Waals surface area contributed by atoms with E-state index in [1.165, 1.54) is 0 Å². The number of hydrogen-bond acceptors (Lipinski definition) is 4. The molecule has 0 aliphatic carbocycles. The first kappa shape index (κ1) is 19.6. The third kappa shape index (κ3) is 5.66. The summed E-state index contributed by atoms with van der Waals surface area (Å²) in [6.07, 6.45) is 1.64. The van der Waals surface area contributed by atoms with E-state index in [-0.39, 0.29) is 18.6 Å². The van der Waals surface area contributed by atoms with E-state index < -0.39 is 0 Å². The van der Waals surface area contributed by atoms with Gasteiger partial charge in [-0.2, -0.15) is 0 Å². The van der Waals surface area contributed by atoms with Gasteiger partial charge in [0.1, 0.15) is 11.5 Å². The third-order valence-corrected chi connectivity index (χ3v) is 4.42. The number of likely N-dealkylation sites (N-methyl/N-ethyl adjacent to an activating group) is 1. The summed E-state index contributed by atoms with van der Waals surface area (Å²) in [5.74, 6) is 0.971. The summed E-state index contributed by atoms with van der Waals surface area (Å²) >= 11 is 11.9. The number of benzene rings is 1. The zero-order valence-electron chi connectivity index (χ0n) is 14.3. The van der Waals surface area contributed by atoms with Gasteiger partial charge in [0.05, 0.1) is 17.3 Å². The molecule has 5 nitrogen and oxygen atoms in total. The highest BCUT2D eigenvalue weighted by Crippen LogP contribution is 2.27. The van der Waals surface area contributed by atoms with Crippen LogP contribution in [0.25, 0.3) is 0 Å². The molecule has 7 heteroatoms. The lowest BCUT2D eigenvalue weighted by Gasteiger charge is -2.28. The van der Waals surface area contributed by atoms with Gasteiger partial charge in [-0.1, -0.05) is 37.0 Å². The number of carbonyl (C=O) groups is 1. The van der Waals surface area contributed by atoms with Gasteiger partial charge in [-0.25, -0.2) is 0 Å². The van der Waals surface area contributed by atoms with Crippen molar-refractivity contribution in [1.29, 1.82) is 0 Å². The number of ether oxygens (including phenoxy) is 1. The summed E-state index contributed by atoms with van der Waals surface area (Å²) in [7, 11) is 0. The van der Waals surface area contributed by atoms with Crippen molar-refractivity contribution in [2.45, 2.75) is 19.9 Å². The summed E-state index contributed by atoms with van der Waals surface area (Å²) in [6.45, 7) is 6.15. The average molecular weight is 385 g/mol. The first-order valence-electron chi connectivity index (χ1n) is 8.17. The summed E-state index contributed by atoms with van der Waals surface area (Å²) in [5.41, 5.74) is 0. The van der Waals surface area contributed by atoms with Gasteiger partial charge in [0.25, 0.3) is 5.91 Å². The number of halogens is 2. The van der Waals surface area contributed by atoms with E-state index in [2.05, 4.69) is 24.1 Å². The maximum Gasteiger partial charge on any atom is 0.258 e. The molecule has 0 saturated carbocycles. The molecular formula is C18H22Cl2N2O3. The van der Waals surface area contributed by atoms with E-state index in [0.29, 0.717) is 22.3 Å². The average Bonchev–Trinajstić information content (AvgIpc) is 3.13. The molecular weight excluding hydrogens is 363 g/mol. The molecule has 2 rings (SSSR count). The summed E-state index contributed by atoms with van der Waals surface area (Å²) in [6, 6.07) is 8.61. The van der Waals surface area contributed by atoms with Crippen LogP contribution in [-0.2, 0) is 4.79 Å². The smallest absolute Gasteiger partial charge is 0.258 e. The van der Waals surface area contributed by atoms with Crippen LogP contribution >= 0.6 is 23.2 Å². The predicted octanol–water partition coefficient (Wildman–Crippen LogP) is 4.16. The van der Waals surface area contributed by atoms with Gasteiger partial charge in [0, 0.05) is 17.6 Å². The van der Waals surface area contributed by atoms with Gasteiger partial charge in [0.2, 0.25) is 0 Å². The number of nitrogens with one attached hydrogen (secondary N) is 1. The Morgan fingerprint density at radius 1 is 1.28 bits per heavy atom. The number of carbonyl (C=O) groups excluding carboxylic acids is 1. The number of furan rings is 1. The van der Waals surface area contributed by atoms with Gasteiger partial charge < -0.3 is 14.5 Å². The number of rotatable bonds is 9. The van der Waals surface area contributed by atoms with E-state index in [1.54, 1.807) is 24.5 Å². The molecule has 0 saturated heterocycles. The highest BCUT2D eigenvalue weighted by atomic mass is 35.5. The van der Waals surface area contributed by atoms with Crippen LogP contribution in [0.2, 0.25) is 10.0 Å². The molecule has 1 heterocycles. The fraction of sp³-hybridized carbons (Fsp3) is 0.389. The lowest BCUT2D eigenvalue weighted by Crippen LogP contribution is -2.39. The normalized spacial score (nSPS) is 12.2. The predicted molar refractivity (Wildman–Crippen MR) is 99.3 cm³/mol. The monoisotopic (exact) mass is 384 g/mol. The Hall–Kier alpha value is -1.69. The largest absolute Gasteiger partial charge is 0.482 e. The van der Waals surface area contributed by atoms with Gasteiger partial charge in [-0.05, 0) is 37.4 Å². The van der Waals surface area contributed by atoms with E-state index in [1.807, 2.05) is 12.1 Å². The minimum absolute atomic E-state index is 0.0243. The number of nitrogens with zero attached hydrogens (tertiary/aromatic N) is 1. The quantitative estimate of drug-likeness (QED) is 0.704. The maximum absolute atomic E-state index is 12.1. The second-order valence-corrected chi connectivity index (χ2v) is 6.26. The Kier molecular flexibility index (Phi) is 7.62. The van der Waals surface area contributed by atoms with Crippen LogP contribution in [0.1, 0.15) is 25.6 Å². The summed E-state index contributed by atoms with van der Waals surface area (Å²) in [5, 5.41) is 3.79. The van der Waals surface area contributed by atoms with Crippen LogP contribution in [0.4, 0.5) is 0 Å². The molecule has 25 heavy (non-hydrogen) atoms. The van der Waals surface area contributed by atoms with Crippen LogP contribution < -0.4 is 10.1 Å². The Bertz CT molecular complexity index is 673. The Balaban J connectivity index is 1.91. The second-order valence-electron chi connectivity index (χ2n) is 5.42. The van der Waals surface area contributed by atoms with Crippen molar-refractivity contribution in [3.8, 4) is 5.75 Å². The molecule has 1 aromatic carbocycles. The zero-order chi connectivity index (χ0) is 18.2. The Morgan fingerprint density at radius 3 is 2.68 bits per heavy atom. The van der Waals surface area contributed by atoms with Crippen LogP contribution in [0.3, 0.4) is 0 Å². The van der Waals surface area contributed by atoms with Crippen molar-refractivity contribution in [1.82, 2.24) is 10.2 Å². The van der Waals surface area contributed by atoms with E-state index in [0.717, 1.165) is 18.8 Å². The molecule has 0 radical (unpaired) electrons. The molecule has 1 unspecified atom stereocenters. The molecule has 1 aromatic heterocycles. The van der Waals surface area contributed by atoms with E-state index in [9.17, 15) is 4.79 Å². The minimum atomic E-state index is -0.236. The molecule has 0 spiro atoms. The lowest BCUT2D eigenvalue weighted by atomic mass is 10.2. The van der Waals surface area contributed by atoms with Crippen molar-refractivity contribution < 1.29 is 13.9 Å². The summed E-state index contributed by atoms with van der Waals surface area (Å²) in [4.78, 5) is 14.3. The molecule has 136 valence electrons. The number of amides is 1. The van der Waals surface area contributed by atoms with Crippen molar-refractivity contribution in [2.24, 2.45) is 0 Å². The van der Waals surface area contributed by atoms with Crippen molar-refractivity contribution in [3.63, 3.8) is 0 Å². The zero-order valence-corrected chi connectivity index (χ0v) is 15.8. The molecule has 1 N–H and O–H groups in total. The SMILES string of the molecule is CCN(CC)C(CNC(=O)COc1cc(Cl)ccc1Cl)c1ccco1. The molecule has 0 aliphatic heterocycles. The minimum Gasteiger partial charge on any atom is -0.482 e. The maximum atomic E-state index is 12.1. The highest BCUT2D eigenvalue weighted by molar-refractivity contribution is 6.34. The van der Waals surface area contributed by atoms with Gasteiger partial charge in [-0.15, -0.1) is 0 Å². The van der Waals surface area contributed by atoms with Gasteiger partial charge in [0.15, 0.2) is 6.61 Å². The molecule has 0 aliphatic rings. The molecule has 0 bridgehead atoms. The van der Waals surface area contributed by atoms with Gasteiger partial charge in [-0.3, -0.25) is 9.69 Å². The molecule has 1 amide bonds. The third-order valence-electron chi connectivity index (χ3n) is 3.87. The van der Waals surface area contributed by atoms with E-state index in [4.69, 9.17) is 32.4 Å². The van der Waals surface area contributed by atoms with Gasteiger partial charge >= 0.3 is 0 Å². The fourth-order valence-corrected chi connectivity index (χ4v) is 2.88. The lowest BCUT2D eigenvalue weighted by molar-refractivity contribution is -0.123. The topological polar surface area (TPSA) is 54.7 Å². The standard InChI is InChI=1S/C18H22Cl2N2O3/c1-3-22(4-2)15(16-6-5-9-24-16)11-21-18(23)12-25-17-10-13(19)7-8-14(17)20/h5-10,15H,3-4,11-12H2,1-2H3,(H,21,23). The van der Waals surface area contributed by atoms with Crippen LogP contribution in [-0.4, -0.2) is 37.0 Å². The van der Waals surface area contributed by atoms with Crippen LogP contribution in [0.5, 0.6) is 5.75 Å². The van der Waals surface area contributed by atoms with Crippen molar-refractivity contribution >= 4 is 29.1 Å². The highest BCUT2D eigenvalue weighted by Gasteiger charge is 2.21. The molecule has 0 fully saturated rings. The van der Waals surface area contributed by atoms with Crippen molar-refractivity contribution in [2.75, 3.05) is 26.2 Å². The Labute approximate surface area is 157 Å². The summed E-state index contributed by atoms with van der Waals surface area (Å²) < 4.78 is 11.0. The first-order chi connectivity index (χ1) is 12.0. The van der Waals surface area contributed by atoms with E-state index >= 15 is 0 Å². The Morgan fingerprint density at radius 2 is 2.04 bits per heavy atom. The van der Waals surface area contributed by atoms with Crippen molar-refractivity contribution in [3.05, 3.63) is 52.4 Å². The fourth-order valence-electron chi connectivity index (χ4n) is 2.55. The van der Waals surface area contributed by atoms with Crippen LogP contribution in [0, 0.1) is 0 Å².